The SMILES string of the molecule is CCOc1ccc(N2CCN(C(=O)NCCc3ccc(Cl)cc3)CC2)cc1. The third kappa shape index (κ3) is 5.54. The minimum Gasteiger partial charge on any atom is -0.494 e. The Morgan fingerprint density at radius 3 is 2.33 bits per heavy atom. The number of amides is 2. The predicted octanol–water partition coefficient (Wildman–Crippen LogP) is 3.81. The van der Waals surface area contributed by atoms with Crippen LogP contribution in [0.15, 0.2) is 48.5 Å². The van der Waals surface area contributed by atoms with E-state index in [1.165, 1.54) is 11.3 Å². The van der Waals surface area contributed by atoms with Crippen LogP contribution in [0.5, 0.6) is 5.75 Å². The van der Waals surface area contributed by atoms with E-state index in [0.717, 1.165) is 43.4 Å². The Morgan fingerprint density at radius 2 is 1.70 bits per heavy atom. The molecule has 1 heterocycles. The zero-order valence-electron chi connectivity index (χ0n) is 15.7. The summed E-state index contributed by atoms with van der Waals surface area (Å²) in [6.45, 7) is 6.38. The van der Waals surface area contributed by atoms with Crippen molar-refractivity contribution in [3.8, 4) is 5.75 Å². The van der Waals surface area contributed by atoms with Crippen molar-refractivity contribution in [3.63, 3.8) is 0 Å². The second kappa shape index (κ2) is 9.51. The van der Waals surface area contributed by atoms with Crippen molar-refractivity contribution in [3.05, 3.63) is 59.1 Å². The summed E-state index contributed by atoms with van der Waals surface area (Å²) in [5.74, 6) is 0.889. The highest BCUT2D eigenvalue weighted by molar-refractivity contribution is 6.30. The van der Waals surface area contributed by atoms with Gasteiger partial charge < -0.3 is 19.9 Å². The molecule has 5 nitrogen and oxygen atoms in total. The van der Waals surface area contributed by atoms with Gasteiger partial charge in [0.25, 0.3) is 0 Å². The van der Waals surface area contributed by atoms with Gasteiger partial charge in [0.05, 0.1) is 6.61 Å². The van der Waals surface area contributed by atoms with Crippen LogP contribution in [0.25, 0.3) is 0 Å². The molecule has 2 amide bonds. The fourth-order valence-electron chi connectivity index (χ4n) is 3.16. The summed E-state index contributed by atoms with van der Waals surface area (Å²) in [7, 11) is 0. The number of hydrogen-bond acceptors (Lipinski definition) is 3. The molecule has 0 aliphatic carbocycles. The van der Waals surface area contributed by atoms with Crippen molar-refractivity contribution in [1.82, 2.24) is 10.2 Å². The van der Waals surface area contributed by atoms with Gasteiger partial charge in [-0.15, -0.1) is 0 Å². The van der Waals surface area contributed by atoms with Gasteiger partial charge in [0, 0.05) is 43.4 Å². The number of carbonyl (C=O) groups excluding carboxylic acids is 1. The molecule has 6 heteroatoms. The average Bonchev–Trinajstić information content (AvgIpc) is 2.70. The van der Waals surface area contributed by atoms with Gasteiger partial charge in [-0.2, -0.15) is 0 Å². The number of rotatable bonds is 6. The topological polar surface area (TPSA) is 44.8 Å². The van der Waals surface area contributed by atoms with Crippen molar-refractivity contribution < 1.29 is 9.53 Å². The molecule has 0 bridgehead atoms. The maximum Gasteiger partial charge on any atom is 0.317 e. The Hall–Kier alpha value is -2.40. The molecule has 0 saturated carbocycles. The number of piperazine rings is 1. The molecule has 1 aliphatic rings. The molecule has 0 aromatic heterocycles. The van der Waals surface area contributed by atoms with Crippen molar-refractivity contribution >= 4 is 23.3 Å². The highest BCUT2D eigenvalue weighted by Gasteiger charge is 2.21. The van der Waals surface area contributed by atoms with Gasteiger partial charge in [-0.3, -0.25) is 0 Å². The number of nitrogens with one attached hydrogen (secondary N) is 1. The fourth-order valence-corrected chi connectivity index (χ4v) is 3.29. The number of anilines is 1. The van der Waals surface area contributed by atoms with Gasteiger partial charge in [0.1, 0.15) is 5.75 Å². The maximum atomic E-state index is 12.4. The summed E-state index contributed by atoms with van der Waals surface area (Å²) in [6, 6.07) is 15.9. The van der Waals surface area contributed by atoms with Gasteiger partial charge in [-0.1, -0.05) is 23.7 Å². The summed E-state index contributed by atoms with van der Waals surface area (Å²) in [6.07, 6.45) is 0.801. The second-order valence-electron chi connectivity index (χ2n) is 6.51. The van der Waals surface area contributed by atoms with Crippen LogP contribution in [-0.2, 0) is 6.42 Å². The third-order valence-corrected chi connectivity index (χ3v) is 4.93. The van der Waals surface area contributed by atoms with E-state index in [4.69, 9.17) is 16.3 Å². The number of nitrogens with zero attached hydrogens (tertiary/aromatic N) is 2. The van der Waals surface area contributed by atoms with Crippen molar-refractivity contribution in [2.75, 3.05) is 44.2 Å². The molecule has 0 unspecified atom stereocenters. The number of carbonyl (C=O) groups is 1. The van der Waals surface area contributed by atoms with E-state index in [0.29, 0.717) is 13.2 Å². The van der Waals surface area contributed by atoms with Crippen LogP contribution in [0, 0.1) is 0 Å². The summed E-state index contributed by atoms with van der Waals surface area (Å²) < 4.78 is 5.49. The Morgan fingerprint density at radius 1 is 1.04 bits per heavy atom. The van der Waals surface area contributed by atoms with Crippen LogP contribution in [0.2, 0.25) is 5.02 Å². The normalized spacial score (nSPS) is 14.1. The molecule has 144 valence electrons. The molecule has 1 aliphatic heterocycles. The molecule has 1 fully saturated rings. The average molecular weight is 388 g/mol. The van der Waals surface area contributed by atoms with Crippen LogP contribution >= 0.6 is 11.6 Å². The molecular weight excluding hydrogens is 362 g/mol. The van der Waals surface area contributed by atoms with Crippen molar-refractivity contribution in [2.24, 2.45) is 0 Å². The summed E-state index contributed by atoms with van der Waals surface area (Å²) in [5.41, 5.74) is 2.33. The Kier molecular flexibility index (Phi) is 6.82. The van der Waals surface area contributed by atoms with E-state index in [9.17, 15) is 4.79 Å². The molecule has 3 rings (SSSR count). The summed E-state index contributed by atoms with van der Waals surface area (Å²) >= 11 is 5.89. The molecule has 0 atom stereocenters. The van der Waals surface area contributed by atoms with E-state index in [1.807, 2.05) is 48.2 Å². The lowest BCUT2D eigenvalue weighted by Crippen LogP contribution is -2.52. The van der Waals surface area contributed by atoms with Gasteiger partial charge >= 0.3 is 6.03 Å². The first kappa shape index (κ1) is 19.4. The van der Waals surface area contributed by atoms with E-state index in [-0.39, 0.29) is 6.03 Å². The van der Waals surface area contributed by atoms with Crippen LogP contribution in [0.1, 0.15) is 12.5 Å². The lowest BCUT2D eigenvalue weighted by Gasteiger charge is -2.36. The Labute approximate surface area is 165 Å². The number of halogens is 1. The van der Waals surface area contributed by atoms with Crippen LogP contribution < -0.4 is 15.0 Å². The molecule has 2 aromatic rings. The van der Waals surface area contributed by atoms with E-state index in [2.05, 4.69) is 22.3 Å². The molecule has 27 heavy (non-hydrogen) atoms. The van der Waals surface area contributed by atoms with E-state index >= 15 is 0 Å². The lowest BCUT2D eigenvalue weighted by atomic mass is 10.1. The first-order valence-corrected chi connectivity index (χ1v) is 9.78. The number of hydrogen-bond donors (Lipinski definition) is 1. The van der Waals surface area contributed by atoms with Crippen LogP contribution in [-0.4, -0.2) is 50.3 Å². The monoisotopic (exact) mass is 387 g/mol. The molecule has 2 aromatic carbocycles. The Bertz CT molecular complexity index is 726. The lowest BCUT2D eigenvalue weighted by molar-refractivity contribution is 0.194. The minimum absolute atomic E-state index is 0.00954. The molecule has 0 radical (unpaired) electrons. The van der Waals surface area contributed by atoms with E-state index < -0.39 is 0 Å². The molecule has 0 spiro atoms. The number of ether oxygens (including phenoxy) is 1. The largest absolute Gasteiger partial charge is 0.494 e. The summed E-state index contributed by atoms with van der Waals surface area (Å²) in [5, 5.41) is 3.74. The Balaban J connectivity index is 1.41. The van der Waals surface area contributed by atoms with E-state index in [1.54, 1.807) is 0 Å². The number of urea groups is 1. The van der Waals surface area contributed by atoms with Gasteiger partial charge in [0.2, 0.25) is 0 Å². The van der Waals surface area contributed by atoms with Crippen LogP contribution in [0.4, 0.5) is 10.5 Å². The van der Waals surface area contributed by atoms with Crippen LogP contribution in [0.3, 0.4) is 0 Å². The predicted molar refractivity (Wildman–Crippen MR) is 110 cm³/mol. The molecular formula is C21H26ClN3O2. The van der Waals surface area contributed by atoms with Crippen molar-refractivity contribution in [2.45, 2.75) is 13.3 Å². The van der Waals surface area contributed by atoms with Gasteiger partial charge in [-0.25, -0.2) is 4.79 Å². The van der Waals surface area contributed by atoms with Gasteiger partial charge in [-0.05, 0) is 55.3 Å². The summed E-state index contributed by atoms with van der Waals surface area (Å²) in [4.78, 5) is 16.5. The quantitative estimate of drug-likeness (QED) is 0.819. The maximum absolute atomic E-state index is 12.4. The highest BCUT2D eigenvalue weighted by Crippen LogP contribution is 2.20. The molecule has 1 N–H and O–H groups in total. The first-order valence-electron chi connectivity index (χ1n) is 9.40. The number of benzene rings is 2. The zero-order chi connectivity index (χ0) is 19.1. The standard InChI is InChI=1S/C21H26ClN3O2/c1-2-27-20-9-7-19(8-10-20)24-13-15-25(16-14-24)21(26)23-12-11-17-3-5-18(22)6-4-17/h3-10H,2,11-16H2,1H3,(H,23,26). The second-order valence-corrected chi connectivity index (χ2v) is 6.95. The highest BCUT2D eigenvalue weighted by atomic mass is 35.5. The first-order chi connectivity index (χ1) is 13.2. The fraction of sp³-hybridized carbons (Fsp3) is 0.381. The molecule has 1 saturated heterocycles. The minimum atomic E-state index is 0.00954. The zero-order valence-corrected chi connectivity index (χ0v) is 16.4. The third-order valence-electron chi connectivity index (χ3n) is 4.68. The smallest absolute Gasteiger partial charge is 0.317 e. The van der Waals surface area contributed by atoms with Crippen molar-refractivity contribution in [1.29, 1.82) is 0 Å². The van der Waals surface area contributed by atoms with Gasteiger partial charge in [0.15, 0.2) is 0 Å².